The zero-order valence-electron chi connectivity index (χ0n) is 15.2. The molecule has 3 heterocycles. The largest absolute Gasteiger partial charge is 0.379 e. The average molecular weight is 338 g/mol. The molecule has 6 heteroatoms. The highest BCUT2D eigenvalue weighted by Gasteiger charge is 2.28. The van der Waals surface area contributed by atoms with Crippen LogP contribution >= 0.6 is 0 Å². The van der Waals surface area contributed by atoms with Crippen LogP contribution in [0.15, 0.2) is 0 Å². The van der Waals surface area contributed by atoms with Gasteiger partial charge >= 0.3 is 6.03 Å². The summed E-state index contributed by atoms with van der Waals surface area (Å²) in [7, 11) is 0. The lowest BCUT2D eigenvalue weighted by Crippen LogP contribution is -2.52. The Bertz CT molecular complexity index is 394. The van der Waals surface area contributed by atoms with Crippen LogP contribution in [0.2, 0.25) is 0 Å². The molecule has 1 N–H and O–H groups in total. The van der Waals surface area contributed by atoms with Crippen molar-refractivity contribution in [3.05, 3.63) is 0 Å². The van der Waals surface area contributed by atoms with Gasteiger partial charge in [0.25, 0.3) is 0 Å². The number of likely N-dealkylation sites (tertiary alicyclic amines) is 2. The highest BCUT2D eigenvalue weighted by atomic mass is 16.5. The number of urea groups is 1. The third kappa shape index (κ3) is 5.07. The summed E-state index contributed by atoms with van der Waals surface area (Å²) in [5, 5.41) is 3.22. The van der Waals surface area contributed by atoms with Gasteiger partial charge in [0.15, 0.2) is 0 Å². The minimum absolute atomic E-state index is 0.127. The Hall–Kier alpha value is -0.850. The number of carbonyl (C=O) groups excluding carboxylic acids is 1. The van der Waals surface area contributed by atoms with Gasteiger partial charge in [0, 0.05) is 44.8 Å². The quantitative estimate of drug-likeness (QED) is 0.841. The van der Waals surface area contributed by atoms with Crippen LogP contribution in [0.3, 0.4) is 0 Å². The van der Waals surface area contributed by atoms with Gasteiger partial charge in [-0.2, -0.15) is 0 Å². The topological polar surface area (TPSA) is 48.1 Å². The van der Waals surface area contributed by atoms with Crippen molar-refractivity contribution in [1.82, 2.24) is 20.0 Å². The van der Waals surface area contributed by atoms with Crippen molar-refractivity contribution in [3.63, 3.8) is 0 Å². The van der Waals surface area contributed by atoms with Gasteiger partial charge in [0.1, 0.15) is 0 Å². The molecule has 0 spiro atoms. The summed E-state index contributed by atoms with van der Waals surface area (Å²) in [4.78, 5) is 19.8. The SMILES string of the molecule is C[C@H](CN1CCOCC1)NC(=O)N1CCCC[C@@H](N2CCCC2)C1. The van der Waals surface area contributed by atoms with Gasteiger partial charge in [-0.3, -0.25) is 9.80 Å². The summed E-state index contributed by atoms with van der Waals surface area (Å²) in [5.74, 6) is 0. The van der Waals surface area contributed by atoms with E-state index in [0.717, 1.165) is 52.4 Å². The first-order valence-electron chi connectivity index (χ1n) is 9.82. The molecule has 0 aromatic rings. The lowest BCUT2D eigenvalue weighted by atomic mass is 10.1. The number of nitrogens with zero attached hydrogens (tertiary/aromatic N) is 3. The number of nitrogens with one attached hydrogen (secondary N) is 1. The number of rotatable bonds is 4. The van der Waals surface area contributed by atoms with Gasteiger partial charge in [-0.1, -0.05) is 6.42 Å². The molecule has 3 rings (SSSR count). The first-order valence-corrected chi connectivity index (χ1v) is 9.82. The monoisotopic (exact) mass is 338 g/mol. The Morgan fingerprint density at radius 2 is 1.79 bits per heavy atom. The molecular formula is C18H34N4O2. The number of hydrogen-bond acceptors (Lipinski definition) is 4. The molecule has 3 saturated heterocycles. The maximum Gasteiger partial charge on any atom is 0.317 e. The fourth-order valence-corrected chi connectivity index (χ4v) is 4.23. The Kier molecular flexibility index (Phi) is 6.75. The first kappa shape index (κ1) is 18.0. The molecule has 2 amide bonds. The van der Waals surface area contributed by atoms with Crippen LogP contribution in [0.5, 0.6) is 0 Å². The molecule has 0 radical (unpaired) electrons. The van der Waals surface area contributed by atoms with Gasteiger partial charge in [-0.25, -0.2) is 4.79 Å². The molecule has 3 fully saturated rings. The molecule has 0 aromatic heterocycles. The van der Waals surface area contributed by atoms with Crippen molar-refractivity contribution in [2.24, 2.45) is 0 Å². The molecule has 138 valence electrons. The number of carbonyl (C=O) groups is 1. The molecular weight excluding hydrogens is 304 g/mol. The second-order valence-corrected chi connectivity index (χ2v) is 7.60. The molecule has 24 heavy (non-hydrogen) atoms. The standard InChI is InChI=1S/C18H34N4O2/c1-16(14-20-10-12-24-13-11-20)19-18(23)22-9-3-2-6-17(15-22)21-7-4-5-8-21/h16-17H,2-15H2,1H3,(H,19,23)/t16-,17-/m1/s1. The maximum absolute atomic E-state index is 12.7. The van der Waals surface area contributed by atoms with E-state index in [1.165, 1.54) is 38.8 Å². The fraction of sp³-hybridized carbons (Fsp3) is 0.944. The normalized spacial score (nSPS) is 28.5. The lowest BCUT2D eigenvalue weighted by Gasteiger charge is -2.33. The van der Waals surface area contributed by atoms with Crippen molar-refractivity contribution in [2.75, 3.05) is 59.0 Å². The van der Waals surface area contributed by atoms with Gasteiger partial charge in [-0.05, 0) is 45.7 Å². The predicted molar refractivity (Wildman–Crippen MR) is 95.3 cm³/mol. The molecule has 0 saturated carbocycles. The zero-order valence-corrected chi connectivity index (χ0v) is 15.2. The fourth-order valence-electron chi connectivity index (χ4n) is 4.23. The molecule has 3 aliphatic heterocycles. The van der Waals surface area contributed by atoms with Crippen molar-refractivity contribution < 1.29 is 9.53 Å². The van der Waals surface area contributed by atoms with Gasteiger partial charge in [0.05, 0.1) is 13.2 Å². The second-order valence-electron chi connectivity index (χ2n) is 7.60. The zero-order chi connectivity index (χ0) is 16.8. The van der Waals surface area contributed by atoms with Gasteiger partial charge in [0.2, 0.25) is 0 Å². The van der Waals surface area contributed by atoms with E-state index in [9.17, 15) is 4.79 Å². The van der Waals surface area contributed by atoms with E-state index in [-0.39, 0.29) is 12.1 Å². The molecule has 0 aromatic carbocycles. The summed E-state index contributed by atoms with van der Waals surface area (Å²) >= 11 is 0. The molecule has 0 bridgehead atoms. The molecule has 0 unspecified atom stereocenters. The highest BCUT2D eigenvalue weighted by Crippen LogP contribution is 2.20. The molecule has 6 nitrogen and oxygen atoms in total. The second kappa shape index (κ2) is 9.02. The van der Waals surface area contributed by atoms with Gasteiger partial charge in [-0.15, -0.1) is 0 Å². The van der Waals surface area contributed by atoms with Crippen LogP contribution in [0.25, 0.3) is 0 Å². The maximum atomic E-state index is 12.7. The van der Waals surface area contributed by atoms with Crippen LogP contribution in [0.1, 0.15) is 39.0 Å². The summed E-state index contributed by atoms with van der Waals surface area (Å²) in [6, 6.07) is 0.876. The van der Waals surface area contributed by atoms with Crippen molar-refractivity contribution in [2.45, 2.75) is 51.1 Å². The number of morpholine rings is 1. The van der Waals surface area contributed by atoms with Crippen LogP contribution in [-0.2, 0) is 4.74 Å². The van der Waals surface area contributed by atoms with E-state index in [1.54, 1.807) is 0 Å². The van der Waals surface area contributed by atoms with Gasteiger partial charge < -0.3 is 15.0 Å². The van der Waals surface area contributed by atoms with E-state index in [2.05, 4.69) is 26.9 Å². The molecule has 3 aliphatic rings. The summed E-state index contributed by atoms with van der Waals surface area (Å²) in [5.41, 5.74) is 0. The minimum atomic E-state index is 0.127. The summed E-state index contributed by atoms with van der Waals surface area (Å²) < 4.78 is 5.39. The van der Waals surface area contributed by atoms with Crippen molar-refractivity contribution in [3.8, 4) is 0 Å². The molecule has 2 atom stereocenters. The van der Waals surface area contributed by atoms with E-state index >= 15 is 0 Å². The van der Waals surface area contributed by atoms with E-state index in [1.807, 2.05) is 0 Å². The third-order valence-electron chi connectivity index (χ3n) is 5.60. The average Bonchev–Trinajstić information content (AvgIpc) is 3.00. The summed E-state index contributed by atoms with van der Waals surface area (Å²) in [6.07, 6.45) is 6.26. The Labute approximate surface area is 146 Å². The number of hydrogen-bond donors (Lipinski definition) is 1. The van der Waals surface area contributed by atoms with Crippen LogP contribution < -0.4 is 5.32 Å². The Morgan fingerprint density at radius 3 is 2.54 bits per heavy atom. The van der Waals surface area contributed by atoms with Crippen LogP contribution in [-0.4, -0.2) is 91.8 Å². The highest BCUT2D eigenvalue weighted by molar-refractivity contribution is 5.74. The number of ether oxygens (including phenoxy) is 1. The smallest absolute Gasteiger partial charge is 0.317 e. The Morgan fingerprint density at radius 1 is 1.08 bits per heavy atom. The van der Waals surface area contributed by atoms with Crippen molar-refractivity contribution >= 4 is 6.03 Å². The molecule has 0 aliphatic carbocycles. The predicted octanol–water partition coefficient (Wildman–Crippen LogP) is 1.37. The van der Waals surface area contributed by atoms with Crippen LogP contribution in [0.4, 0.5) is 4.79 Å². The van der Waals surface area contributed by atoms with Crippen LogP contribution in [0, 0.1) is 0 Å². The summed E-state index contributed by atoms with van der Waals surface area (Å²) in [6.45, 7) is 10.8. The lowest BCUT2D eigenvalue weighted by molar-refractivity contribution is 0.0346. The van der Waals surface area contributed by atoms with Crippen molar-refractivity contribution in [1.29, 1.82) is 0 Å². The van der Waals surface area contributed by atoms with E-state index < -0.39 is 0 Å². The van der Waals surface area contributed by atoms with E-state index in [4.69, 9.17) is 4.74 Å². The van der Waals surface area contributed by atoms with E-state index in [0.29, 0.717) is 6.04 Å². The minimum Gasteiger partial charge on any atom is -0.379 e. The third-order valence-corrected chi connectivity index (χ3v) is 5.60. The first-order chi connectivity index (χ1) is 11.7. The number of amides is 2. The Balaban J connectivity index is 1.47.